The molecule has 5 heteroatoms. The van der Waals surface area contributed by atoms with Crippen molar-refractivity contribution in [1.29, 1.82) is 0 Å². The van der Waals surface area contributed by atoms with Crippen LogP contribution in [0.15, 0.2) is 22.8 Å². The Balaban J connectivity index is 1.97. The topological polar surface area (TPSA) is 71.5 Å². The quantitative estimate of drug-likeness (QED) is 0.828. The summed E-state index contributed by atoms with van der Waals surface area (Å²) in [5, 5.41) is 3.07. The Bertz CT molecular complexity index is 422. The molecule has 112 valence electrons. The first-order valence-electron chi connectivity index (χ1n) is 7.27. The molecule has 0 radical (unpaired) electrons. The Morgan fingerprint density at radius 2 is 2.20 bits per heavy atom. The van der Waals surface area contributed by atoms with Crippen LogP contribution >= 0.6 is 0 Å². The molecule has 2 rings (SSSR count). The minimum atomic E-state index is -0.347. The highest BCUT2D eigenvalue weighted by atomic mass is 16.3. The summed E-state index contributed by atoms with van der Waals surface area (Å²) in [5.74, 6) is 0.958. The van der Waals surface area contributed by atoms with Crippen LogP contribution in [0.4, 0.5) is 0 Å². The van der Waals surface area contributed by atoms with Crippen LogP contribution in [0.2, 0.25) is 0 Å². The molecule has 1 aromatic heterocycles. The molecule has 1 unspecified atom stereocenters. The number of hydrogen-bond donors (Lipinski definition) is 2. The second-order valence-electron chi connectivity index (χ2n) is 5.90. The highest BCUT2D eigenvalue weighted by Crippen LogP contribution is 2.37. The number of nitrogens with two attached hydrogens (primary N) is 1. The van der Waals surface area contributed by atoms with Gasteiger partial charge in [0.25, 0.3) is 0 Å². The number of carbonyl (C=O) groups is 1. The molecule has 0 saturated heterocycles. The zero-order valence-corrected chi connectivity index (χ0v) is 12.4. The largest absolute Gasteiger partial charge is 0.468 e. The maximum absolute atomic E-state index is 12.5. The van der Waals surface area contributed by atoms with E-state index in [-0.39, 0.29) is 17.4 Å². The number of nitrogens with one attached hydrogen (secondary N) is 1. The SMILES string of the molecule is CN(C)C(CNC(=O)C1(CN)CCCC1)c1ccco1. The maximum Gasteiger partial charge on any atom is 0.227 e. The number of likely N-dealkylation sites (N-methyl/N-ethyl adjacent to an activating group) is 1. The molecule has 1 atom stereocenters. The number of carbonyl (C=O) groups excluding carboxylic acids is 1. The van der Waals surface area contributed by atoms with Crippen LogP contribution in [0.25, 0.3) is 0 Å². The molecule has 1 amide bonds. The van der Waals surface area contributed by atoms with Gasteiger partial charge in [0.2, 0.25) is 5.91 Å². The monoisotopic (exact) mass is 279 g/mol. The molecular formula is C15H25N3O2. The van der Waals surface area contributed by atoms with E-state index < -0.39 is 0 Å². The molecule has 0 aromatic carbocycles. The average molecular weight is 279 g/mol. The molecule has 0 spiro atoms. The summed E-state index contributed by atoms with van der Waals surface area (Å²) < 4.78 is 5.45. The Labute approximate surface area is 120 Å². The van der Waals surface area contributed by atoms with Crippen molar-refractivity contribution >= 4 is 5.91 Å². The van der Waals surface area contributed by atoms with Crippen LogP contribution < -0.4 is 11.1 Å². The molecule has 1 heterocycles. The first-order valence-corrected chi connectivity index (χ1v) is 7.27. The minimum Gasteiger partial charge on any atom is -0.468 e. The van der Waals surface area contributed by atoms with Crippen molar-refractivity contribution in [2.75, 3.05) is 27.2 Å². The van der Waals surface area contributed by atoms with Crippen LogP contribution in [0.5, 0.6) is 0 Å². The minimum absolute atomic E-state index is 0.0465. The molecular weight excluding hydrogens is 254 g/mol. The normalized spacial score (nSPS) is 19.2. The van der Waals surface area contributed by atoms with Crippen molar-refractivity contribution in [2.24, 2.45) is 11.1 Å². The van der Waals surface area contributed by atoms with E-state index in [1.807, 2.05) is 31.1 Å². The van der Waals surface area contributed by atoms with Gasteiger partial charge in [-0.15, -0.1) is 0 Å². The van der Waals surface area contributed by atoms with Crippen molar-refractivity contribution < 1.29 is 9.21 Å². The maximum atomic E-state index is 12.5. The van der Waals surface area contributed by atoms with Crippen molar-refractivity contribution in [2.45, 2.75) is 31.7 Å². The van der Waals surface area contributed by atoms with Crippen molar-refractivity contribution in [1.82, 2.24) is 10.2 Å². The lowest BCUT2D eigenvalue weighted by Crippen LogP contribution is -2.46. The predicted octanol–water partition coefficient (Wildman–Crippen LogP) is 1.52. The Kier molecular flexibility index (Phi) is 4.83. The molecule has 1 aliphatic carbocycles. The predicted molar refractivity (Wildman–Crippen MR) is 78.1 cm³/mol. The summed E-state index contributed by atoms with van der Waals surface area (Å²) in [6.45, 7) is 0.979. The summed E-state index contributed by atoms with van der Waals surface area (Å²) in [5.41, 5.74) is 5.49. The first kappa shape index (κ1) is 15.1. The van der Waals surface area contributed by atoms with E-state index in [2.05, 4.69) is 5.32 Å². The van der Waals surface area contributed by atoms with Crippen LogP contribution in [-0.4, -0.2) is 38.0 Å². The zero-order chi connectivity index (χ0) is 14.6. The Morgan fingerprint density at radius 3 is 2.70 bits per heavy atom. The van der Waals surface area contributed by atoms with Gasteiger partial charge in [-0.2, -0.15) is 0 Å². The van der Waals surface area contributed by atoms with Gasteiger partial charge in [-0.3, -0.25) is 9.69 Å². The van der Waals surface area contributed by atoms with Gasteiger partial charge in [-0.25, -0.2) is 0 Å². The van der Waals surface area contributed by atoms with E-state index in [9.17, 15) is 4.79 Å². The van der Waals surface area contributed by atoms with Gasteiger partial charge in [0.05, 0.1) is 17.7 Å². The standard InChI is InChI=1S/C15H25N3O2/c1-18(2)12(13-6-5-9-20-13)10-17-14(19)15(11-16)7-3-4-8-15/h5-6,9,12H,3-4,7-8,10-11,16H2,1-2H3,(H,17,19). The van der Waals surface area contributed by atoms with Crippen LogP contribution in [-0.2, 0) is 4.79 Å². The summed E-state index contributed by atoms with van der Waals surface area (Å²) in [6.07, 6.45) is 5.66. The van der Waals surface area contributed by atoms with E-state index >= 15 is 0 Å². The third kappa shape index (κ3) is 3.04. The second-order valence-corrected chi connectivity index (χ2v) is 5.90. The van der Waals surface area contributed by atoms with Crippen LogP contribution in [0.3, 0.4) is 0 Å². The highest BCUT2D eigenvalue weighted by molar-refractivity contribution is 5.83. The molecule has 1 aromatic rings. The molecule has 1 aliphatic rings. The van der Waals surface area contributed by atoms with Gasteiger partial charge in [0.15, 0.2) is 0 Å². The number of amides is 1. The molecule has 1 fully saturated rings. The lowest BCUT2D eigenvalue weighted by atomic mass is 9.85. The molecule has 1 saturated carbocycles. The van der Waals surface area contributed by atoms with Gasteiger partial charge in [0.1, 0.15) is 5.76 Å². The Hall–Kier alpha value is -1.33. The van der Waals surface area contributed by atoms with E-state index in [0.717, 1.165) is 31.4 Å². The van der Waals surface area contributed by atoms with Gasteiger partial charge in [-0.05, 0) is 39.1 Å². The molecule has 0 aliphatic heterocycles. The fourth-order valence-corrected chi connectivity index (χ4v) is 2.97. The van der Waals surface area contributed by atoms with Crippen LogP contribution in [0, 0.1) is 5.41 Å². The van der Waals surface area contributed by atoms with E-state index in [0.29, 0.717) is 13.1 Å². The Morgan fingerprint density at radius 1 is 1.50 bits per heavy atom. The summed E-state index contributed by atoms with van der Waals surface area (Å²) in [7, 11) is 3.96. The van der Waals surface area contributed by atoms with E-state index in [1.165, 1.54) is 0 Å². The zero-order valence-electron chi connectivity index (χ0n) is 12.4. The number of hydrogen-bond acceptors (Lipinski definition) is 4. The van der Waals surface area contributed by atoms with Gasteiger partial charge in [0, 0.05) is 13.1 Å². The molecule has 20 heavy (non-hydrogen) atoms. The average Bonchev–Trinajstić information content (AvgIpc) is 3.10. The van der Waals surface area contributed by atoms with Crippen molar-refractivity contribution in [3.63, 3.8) is 0 Å². The van der Waals surface area contributed by atoms with Crippen LogP contribution in [0.1, 0.15) is 37.5 Å². The fourth-order valence-electron chi connectivity index (χ4n) is 2.97. The third-order valence-electron chi connectivity index (χ3n) is 4.38. The summed E-state index contributed by atoms with van der Waals surface area (Å²) in [6, 6.07) is 3.85. The third-order valence-corrected chi connectivity index (χ3v) is 4.38. The van der Waals surface area contributed by atoms with Gasteiger partial charge >= 0.3 is 0 Å². The lowest BCUT2D eigenvalue weighted by Gasteiger charge is -2.28. The van der Waals surface area contributed by atoms with Gasteiger partial charge in [-0.1, -0.05) is 12.8 Å². The van der Waals surface area contributed by atoms with E-state index in [4.69, 9.17) is 10.2 Å². The molecule has 3 N–H and O–H groups in total. The fraction of sp³-hybridized carbons (Fsp3) is 0.667. The van der Waals surface area contributed by atoms with Crippen molar-refractivity contribution in [3.05, 3.63) is 24.2 Å². The molecule has 5 nitrogen and oxygen atoms in total. The summed E-state index contributed by atoms with van der Waals surface area (Å²) in [4.78, 5) is 14.5. The number of nitrogens with zero attached hydrogens (tertiary/aromatic N) is 1. The number of furan rings is 1. The van der Waals surface area contributed by atoms with Crippen molar-refractivity contribution in [3.8, 4) is 0 Å². The first-order chi connectivity index (χ1) is 9.59. The highest BCUT2D eigenvalue weighted by Gasteiger charge is 2.39. The smallest absolute Gasteiger partial charge is 0.227 e. The molecule has 0 bridgehead atoms. The second kappa shape index (κ2) is 6.41. The number of rotatable bonds is 6. The van der Waals surface area contributed by atoms with Gasteiger partial charge < -0.3 is 15.5 Å². The van der Waals surface area contributed by atoms with E-state index in [1.54, 1.807) is 6.26 Å². The summed E-state index contributed by atoms with van der Waals surface area (Å²) >= 11 is 0. The lowest BCUT2D eigenvalue weighted by molar-refractivity contribution is -0.130.